The lowest BCUT2D eigenvalue weighted by Gasteiger charge is -2.38. The summed E-state index contributed by atoms with van der Waals surface area (Å²) in [6.07, 6.45) is -0.520. The van der Waals surface area contributed by atoms with Gasteiger partial charge in [0.05, 0.1) is 11.6 Å². The van der Waals surface area contributed by atoms with E-state index in [1.165, 1.54) is 0 Å². The minimum atomic E-state index is -0.520. The number of rotatable bonds is 5. The Balaban J connectivity index is 1.81. The standard InChI is InChI=1S/C16H22N2O2S/c1-12-13(2)21-7-6-18(12)10-15(19)11-20-16-5-3-4-14(8-16)9-17/h3-5,8,12-13,15,19H,6-7,10-11H2,1-2H3. The molecule has 1 fully saturated rings. The van der Waals surface area contributed by atoms with E-state index in [1.807, 2.05) is 11.8 Å². The molecule has 0 amide bonds. The van der Waals surface area contributed by atoms with E-state index < -0.39 is 6.10 Å². The Morgan fingerprint density at radius 2 is 2.33 bits per heavy atom. The molecule has 4 nitrogen and oxygen atoms in total. The van der Waals surface area contributed by atoms with E-state index >= 15 is 0 Å². The lowest BCUT2D eigenvalue weighted by atomic mass is 10.2. The number of nitriles is 1. The summed E-state index contributed by atoms with van der Waals surface area (Å²) in [5, 5.41) is 19.6. The number of aliphatic hydroxyl groups excluding tert-OH is 1. The van der Waals surface area contributed by atoms with Crippen molar-refractivity contribution in [1.82, 2.24) is 4.90 Å². The number of thioether (sulfide) groups is 1. The quantitative estimate of drug-likeness (QED) is 0.903. The van der Waals surface area contributed by atoms with Crippen LogP contribution in [-0.2, 0) is 0 Å². The highest BCUT2D eigenvalue weighted by atomic mass is 32.2. The van der Waals surface area contributed by atoms with Gasteiger partial charge >= 0.3 is 0 Å². The van der Waals surface area contributed by atoms with Crippen molar-refractivity contribution in [3.8, 4) is 11.8 Å². The predicted molar refractivity (Wildman–Crippen MR) is 85.6 cm³/mol. The average Bonchev–Trinajstić information content (AvgIpc) is 2.50. The van der Waals surface area contributed by atoms with Gasteiger partial charge in [-0.25, -0.2) is 0 Å². The highest BCUT2D eigenvalue weighted by Crippen LogP contribution is 2.24. The fraction of sp³-hybridized carbons (Fsp3) is 0.562. The predicted octanol–water partition coefficient (Wildman–Crippen LogP) is 2.12. The molecule has 3 atom stereocenters. The Morgan fingerprint density at radius 1 is 1.52 bits per heavy atom. The Morgan fingerprint density at radius 3 is 3.10 bits per heavy atom. The van der Waals surface area contributed by atoms with Gasteiger partial charge in [0.15, 0.2) is 0 Å². The zero-order valence-electron chi connectivity index (χ0n) is 12.5. The molecule has 0 saturated carbocycles. The average molecular weight is 306 g/mol. The molecule has 3 unspecified atom stereocenters. The highest BCUT2D eigenvalue weighted by molar-refractivity contribution is 8.00. The fourth-order valence-electron chi connectivity index (χ4n) is 2.42. The summed E-state index contributed by atoms with van der Waals surface area (Å²) in [4.78, 5) is 2.32. The molecule has 1 N–H and O–H groups in total. The molecule has 2 rings (SSSR count). The topological polar surface area (TPSA) is 56.5 Å². The van der Waals surface area contributed by atoms with E-state index in [2.05, 4.69) is 24.8 Å². The zero-order valence-corrected chi connectivity index (χ0v) is 13.3. The van der Waals surface area contributed by atoms with Crippen LogP contribution in [0.3, 0.4) is 0 Å². The molecule has 0 spiro atoms. The smallest absolute Gasteiger partial charge is 0.120 e. The Kier molecular flexibility index (Phi) is 5.92. The normalized spacial score (nSPS) is 24.3. The highest BCUT2D eigenvalue weighted by Gasteiger charge is 2.26. The van der Waals surface area contributed by atoms with Crippen LogP contribution in [0.5, 0.6) is 5.75 Å². The molecular formula is C16H22N2O2S. The number of nitrogens with zero attached hydrogens (tertiary/aromatic N) is 2. The molecule has 0 aliphatic carbocycles. The van der Waals surface area contributed by atoms with E-state index in [1.54, 1.807) is 24.3 Å². The summed E-state index contributed by atoms with van der Waals surface area (Å²) < 4.78 is 5.58. The van der Waals surface area contributed by atoms with Gasteiger partial charge in [-0.05, 0) is 25.1 Å². The van der Waals surface area contributed by atoms with Gasteiger partial charge in [-0.15, -0.1) is 0 Å². The summed E-state index contributed by atoms with van der Waals surface area (Å²) in [5.41, 5.74) is 0.567. The molecule has 114 valence electrons. The molecule has 1 heterocycles. The lowest BCUT2D eigenvalue weighted by molar-refractivity contribution is 0.0560. The first kappa shape index (κ1) is 16.2. The monoisotopic (exact) mass is 306 g/mol. The van der Waals surface area contributed by atoms with Crippen LogP contribution < -0.4 is 4.74 Å². The molecule has 1 aliphatic rings. The van der Waals surface area contributed by atoms with Crippen LogP contribution in [0.25, 0.3) is 0 Å². The van der Waals surface area contributed by atoms with Crippen molar-refractivity contribution >= 4 is 11.8 Å². The number of β-amino-alcohol motifs (C(OH)–C–C–N with tert-alkyl or cyclic N) is 1. The third-order valence-electron chi connectivity index (χ3n) is 3.87. The minimum Gasteiger partial charge on any atom is -0.491 e. The maximum Gasteiger partial charge on any atom is 0.120 e. The van der Waals surface area contributed by atoms with E-state index in [4.69, 9.17) is 10.00 Å². The van der Waals surface area contributed by atoms with Crippen LogP contribution in [-0.4, -0.2) is 52.9 Å². The Labute approximate surface area is 130 Å². The second kappa shape index (κ2) is 7.69. The number of benzene rings is 1. The number of hydrogen-bond donors (Lipinski definition) is 1. The minimum absolute atomic E-state index is 0.250. The van der Waals surface area contributed by atoms with E-state index in [0.29, 0.717) is 29.1 Å². The molecule has 1 aliphatic heterocycles. The van der Waals surface area contributed by atoms with Crippen LogP contribution in [0.15, 0.2) is 24.3 Å². The summed E-state index contributed by atoms with van der Waals surface area (Å²) in [5.74, 6) is 1.74. The third-order valence-corrected chi connectivity index (χ3v) is 5.20. The van der Waals surface area contributed by atoms with Crippen molar-refractivity contribution in [2.45, 2.75) is 31.2 Å². The SMILES string of the molecule is CC1SCCN(CC(O)COc2cccc(C#N)c2)C1C. The molecular weight excluding hydrogens is 284 g/mol. The molecule has 0 aromatic heterocycles. The van der Waals surface area contributed by atoms with Crippen LogP contribution >= 0.6 is 11.8 Å². The third kappa shape index (κ3) is 4.63. The maximum atomic E-state index is 10.2. The molecule has 1 aromatic carbocycles. The second-order valence-electron chi connectivity index (χ2n) is 5.42. The summed E-state index contributed by atoms with van der Waals surface area (Å²) in [7, 11) is 0. The molecule has 21 heavy (non-hydrogen) atoms. The van der Waals surface area contributed by atoms with Gasteiger partial charge in [-0.1, -0.05) is 13.0 Å². The number of aliphatic hydroxyl groups is 1. The van der Waals surface area contributed by atoms with E-state index in [-0.39, 0.29) is 6.61 Å². The first-order chi connectivity index (χ1) is 10.1. The van der Waals surface area contributed by atoms with Gasteiger partial charge in [-0.2, -0.15) is 17.0 Å². The lowest BCUT2D eigenvalue weighted by Crippen LogP contribution is -2.48. The maximum absolute atomic E-state index is 10.2. The van der Waals surface area contributed by atoms with Crippen LogP contribution in [0.4, 0.5) is 0 Å². The van der Waals surface area contributed by atoms with Crippen molar-refractivity contribution in [1.29, 1.82) is 5.26 Å². The van der Waals surface area contributed by atoms with Crippen molar-refractivity contribution in [2.75, 3.05) is 25.4 Å². The fourth-order valence-corrected chi connectivity index (χ4v) is 3.59. The zero-order chi connectivity index (χ0) is 15.2. The van der Waals surface area contributed by atoms with E-state index in [0.717, 1.165) is 12.3 Å². The molecule has 5 heteroatoms. The summed E-state index contributed by atoms with van der Waals surface area (Å²) in [6.45, 7) is 6.33. The van der Waals surface area contributed by atoms with Crippen molar-refractivity contribution in [3.05, 3.63) is 29.8 Å². The van der Waals surface area contributed by atoms with Crippen molar-refractivity contribution in [3.63, 3.8) is 0 Å². The van der Waals surface area contributed by atoms with Gasteiger partial charge in [0.25, 0.3) is 0 Å². The van der Waals surface area contributed by atoms with Gasteiger partial charge in [0.1, 0.15) is 18.5 Å². The van der Waals surface area contributed by atoms with Crippen LogP contribution in [0.2, 0.25) is 0 Å². The molecule has 0 bridgehead atoms. The van der Waals surface area contributed by atoms with Gasteiger partial charge < -0.3 is 9.84 Å². The largest absolute Gasteiger partial charge is 0.491 e. The molecule has 1 aromatic rings. The second-order valence-corrected chi connectivity index (χ2v) is 6.90. The van der Waals surface area contributed by atoms with Crippen LogP contribution in [0.1, 0.15) is 19.4 Å². The Hall–Kier alpha value is -1.22. The molecule has 1 saturated heterocycles. The number of ether oxygens (including phenoxy) is 1. The summed E-state index contributed by atoms with van der Waals surface area (Å²) >= 11 is 1.99. The van der Waals surface area contributed by atoms with Gasteiger partial charge in [0.2, 0.25) is 0 Å². The van der Waals surface area contributed by atoms with Crippen LogP contribution in [0, 0.1) is 11.3 Å². The Bertz CT molecular complexity index is 503. The first-order valence-electron chi connectivity index (χ1n) is 7.27. The van der Waals surface area contributed by atoms with Gasteiger partial charge in [0, 0.05) is 30.1 Å². The van der Waals surface area contributed by atoms with Gasteiger partial charge in [-0.3, -0.25) is 4.90 Å². The van der Waals surface area contributed by atoms with Crippen molar-refractivity contribution < 1.29 is 9.84 Å². The molecule has 0 radical (unpaired) electrons. The first-order valence-corrected chi connectivity index (χ1v) is 8.31. The van der Waals surface area contributed by atoms with Crippen molar-refractivity contribution in [2.24, 2.45) is 0 Å². The number of hydrogen-bond acceptors (Lipinski definition) is 5. The van der Waals surface area contributed by atoms with E-state index in [9.17, 15) is 5.11 Å². The summed E-state index contributed by atoms with van der Waals surface area (Å²) in [6, 6.07) is 9.56.